The van der Waals surface area contributed by atoms with Crippen molar-refractivity contribution in [2.24, 2.45) is 0 Å². The number of fused-ring (bicyclic) bond motifs is 1. The highest BCUT2D eigenvalue weighted by molar-refractivity contribution is 8.07. The molecule has 3 aliphatic heterocycles. The van der Waals surface area contributed by atoms with Gasteiger partial charge in [-0.3, -0.25) is 14.5 Å². The first kappa shape index (κ1) is 20.3. The first-order valence-electron chi connectivity index (χ1n) is 8.97. The third-order valence-electron chi connectivity index (χ3n) is 5.04. The molecule has 0 aromatic rings. The van der Waals surface area contributed by atoms with Crippen LogP contribution in [0.15, 0.2) is 23.8 Å². The fourth-order valence-corrected chi connectivity index (χ4v) is 7.20. The molecule has 2 N–H and O–H groups in total. The third-order valence-corrected chi connectivity index (χ3v) is 8.12. The van der Waals surface area contributed by atoms with Crippen molar-refractivity contribution in [3.8, 4) is 0 Å². The fourth-order valence-electron chi connectivity index (χ4n) is 3.82. The number of carboxylic acid groups (broad SMARTS) is 1. The van der Waals surface area contributed by atoms with E-state index in [4.69, 9.17) is 0 Å². The van der Waals surface area contributed by atoms with Gasteiger partial charge in [0.1, 0.15) is 15.8 Å². The van der Waals surface area contributed by atoms with Crippen LogP contribution in [0, 0.1) is 0 Å². The highest BCUT2D eigenvalue weighted by Crippen LogP contribution is 2.57. The average Bonchev–Trinajstić information content (AvgIpc) is 3.24. The summed E-state index contributed by atoms with van der Waals surface area (Å²) in [5, 5.41) is 20.5. The molecule has 0 aliphatic carbocycles. The van der Waals surface area contributed by atoms with Gasteiger partial charge < -0.3 is 15.1 Å². The Morgan fingerprint density at radius 3 is 2.93 bits per heavy atom. The number of nitrogens with zero attached hydrogens (tertiary/aromatic N) is 2. The van der Waals surface area contributed by atoms with Crippen LogP contribution in [0.1, 0.15) is 32.6 Å². The minimum absolute atomic E-state index is 0.00414. The predicted molar refractivity (Wildman–Crippen MR) is 105 cm³/mol. The lowest BCUT2D eigenvalue weighted by atomic mass is 9.90. The van der Waals surface area contributed by atoms with Gasteiger partial charge in [-0.15, -0.1) is 30.1 Å². The number of likely N-dealkylation sites (tertiary alicyclic amines) is 1. The van der Waals surface area contributed by atoms with E-state index in [0.29, 0.717) is 25.9 Å². The number of thioether (sulfide) groups is 2. The smallest absolute Gasteiger partial charge is 0.353 e. The molecule has 148 valence electrons. The van der Waals surface area contributed by atoms with Gasteiger partial charge in [-0.1, -0.05) is 6.08 Å². The van der Waals surface area contributed by atoms with Crippen molar-refractivity contribution in [2.75, 3.05) is 13.1 Å². The molecule has 0 bridgehead atoms. The number of aliphatic carboxylic acids is 1. The van der Waals surface area contributed by atoms with E-state index in [-0.39, 0.29) is 34.6 Å². The van der Waals surface area contributed by atoms with Crippen LogP contribution in [-0.2, 0) is 14.4 Å². The zero-order valence-electron chi connectivity index (χ0n) is 15.2. The Balaban J connectivity index is 1.69. The first-order chi connectivity index (χ1) is 12.8. The largest absolute Gasteiger partial charge is 0.477 e. The molecule has 9 heteroatoms. The molecule has 3 heterocycles. The van der Waals surface area contributed by atoms with Crippen LogP contribution in [0.3, 0.4) is 0 Å². The molecular formula is C18H24N2O5S2. The number of carbonyl (C=O) groups is 3. The zero-order chi connectivity index (χ0) is 19.8. The molecule has 7 nitrogen and oxygen atoms in total. The molecule has 2 fully saturated rings. The minimum atomic E-state index is -1.12. The van der Waals surface area contributed by atoms with Gasteiger partial charge in [0.05, 0.1) is 6.10 Å². The lowest BCUT2D eigenvalue weighted by molar-refractivity contribution is -0.150. The lowest BCUT2D eigenvalue weighted by Gasteiger charge is -2.53. The van der Waals surface area contributed by atoms with Gasteiger partial charge in [-0.25, -0.2) is 4.79 Å². The van der Waals surface area contributed by atoms with E-state index in [1.165, 1.54) is 33.8 Å². The van der Waals surface area contributed by atoms with E-state index in [1.54, 1.807) is 13.0 Å². The fraction of sp³-hybridized carbons (Fsp3) is 0.611. The summed E-state index contributed by atoms with van der Waals surface area (Å²) in [4.78, 5) is 39.6. The van der Waals surface area contributed by atoms with Crippen molar-refractivity contribution >= 4 is 41.3 Å². The quantitative estimate of drug-likeness (QED) is 0.462. The van der Waals surface area contributed by atoms with Crippen LogP contribution in [0.5, 0.6) is 0 Å². The second kappa shape index (κ2) is 7.89. The van der Waals surface area contributed by atoms with Crippen molar-refractivity contribution in [3.63, 3.8) is 0 Å². The molecule has 0 spiro atoms. The molecule has 0 radical (unpaired) electrons. The molecule has 27 heavy (non-hydrogen) atoms. The zero-order valence-corrected chi connectivity index (χ0v) is 16.8. The highest BCUT2D eigenvalue weighted by Gasteiger charge is 2.66. The van der Waals surface area contributed by atoms with Crippen molar-refractivity contribution in [2.45, 2.75) is 54.1 Å². The SMILES string of the molecule is C=CCCC(=O)N1CCC(S[C@]2(CC(C)O)C(=O)N3C(C(=O)O)=CS[C@@H]32)C1. The van der Waals surface area contributed by atoms with Gasteiger partial charge in [-0.05, 0) is 26.2 Å². The van der Waals surface area contributed by atoms with Gasteiger partial charge in [0, 0.05) is 30.2 Å². The maximum atomic E-state index is 12.9. The Labute approximate surface area is 166 Å². The summed E-state index contributed by atoms with van der Waals surface area (Å²) >= 11 is 2.82. The molecule has 2 amide bonds. The van der Waals surface area contributed by atoms with Crippen molar-refractivity contribution in [3.05, 3.63) is 23.8 Å². The molecule has 4 atom stereocenters. The topological polar surface area (TPSA) is 98.2 Å². The lowest BCUT2D eigenvalue weighted by Crippen LogP contribution is -2.70. The van der Waals surface area contributed by atoms with Crippen LogP contribution >= 0.6 is 23.5 Å². The number of hydrogen-bond acceptors (Lipinski definition) is 6. The predicted octanol–water partition coefficient (Wildman–Crippen LogP) is 1.64. The van der Waals surface area contributed by atoms with Crippen LogP contribution in [0.25, 0.3) is 0 Å². The monoisotopic (exact) mass is 412 g/mol. The number of carbonyl (C=O) groups excluding carboxylic acids is 2. The summed E-state index contributed by atoms with van der Waals surface area (Å²) < 4.78 is -0.850. The number of aliphatic hydroxyl groups is 1. The summed E-state index contributed by atoms with van der Waals surface area (Å²) in [6.45, 7) is 6.51. The van der Waals surface area contributed by atoms with Crippen molar-refractivity contribution in [1.29, 1.82) is 0 Å². The van der Waals surface area contributed by atoms with E-state index in [9.17, 15) is 24.6 Å². The Bertz CT molecular complexity index is 695. The maximum absolute atomic E-state index is 12.9. The second-order valence-corrected chi connectivity index (χ2v) is 9.70. The van der Waals surface area contributed by atoms with Crippen LogP contribution < -0.4 is 0 Å². The number of carboxylic acids is 1. The molecule has 3 rings (SSSR count). The van der Waals surface area contributed by atoms with Crippen molar-refractivity contribution < 1.29 is 24.6 Å². The van der Waals surface area contributed by atoms with E-state index in [1.807, 2.05) is 4.90 Å². The number of allylic oxidation sites excluding steroid dienone is 1. The molecule has 0 aromatic carbocycles. The first-order valence-corrected chi connectivity index (χ1v) is 10.8. The normalized spacial score (nSPS) is 30.6. The van der Waals surface area contributed by atoms with Crippen molar-refractivity contribution in [1.82, 2.24) is 9.80 Å². The number of amides is 2. The maximum Gasteiger partial charge on any atom is 0.353 e. The van der Waals surface area contributed by atoms with Crippen LogP contribution in [0.4, 0.5) is 0 Å². The Hall–Kier alpha value is -1.45. The Kier molecular flexibility index (Phi) is 5.93. The average molecular weight is 413 g/mol. The van der Waals surface area contributed by atoms with E-state index in [0.717, 1.165) is 6.42 Å². The summed E-state index contributed by atoms with van der Waals surface area (Å²) in [6, 6.07) is 0. The van der Waals surface area contributed by atoms with Gasteiger partial charge in [-0.2, -0.15) is 0 Å². The molecule has 3 aliphatic rings. The van der Waals surface area contributed by atoms with Crippen LogP contribution in [-0.4, -0.2) is 72.4 Å². The number of aliphatic hydroxyl groups excluding tert-OH is 1. The summed E-state index contributed by atoms with van der Waals surface area (Å²) in [5.74, 6) is -1.28. The van der Waals surface area contributed by atoms with Gasteiger partial charge in [0.25, 0.3) is 0 Å². The third kappa shape index (κ3) is 3.64. The molecular weight excluding hydrogens is 388 g/mol. The summed E-state index contributed by atoms with van der Waals surface area (Å²) in [5.41, 5.74) is 0.00414. The van der Waals surface area contributed by atoms with E-state index < -0.39 is 16.8 Å². The standard InChI is InChI=1S/C18H24N2O5S2/c1-3-4-5-14(22)19-7-6-12(9-19)27-18(8-11(2)21)16(25)20-13(15(23)24)10-26-17(18)20/h3,10-12,17,21H,1,4-9H2,2H3,(H,23,24)/t11?,12?,17-,18-/m1/s1. The minimum Gasteiger partial charge on any atom is -0.477 e. The second-order valence-electron chi connectivity index (χ2n) is 7.11. The van der Waals surface area contributed by atoms with E-state index in [2.05, 4.69) is 6.58 Å². The van der Waals surface area contributed by atoms with Crippen LogP contribution in [0.2, 0.25) is 0 Å². The number of rotatable bonds is 8. The summed E-state index contributed by atoms with van der Waals surface area (Å²) in [7, 11) is 0. The molecule has 0 aromatic heterocycles. The highest BCUT2D eigenvalue weighted by atomic mass is 32.2. The summed E-state index contributed by atoms with van der Waals surface area (Å²) in [6.07, 6.45) is 3.20. The molecule has 2 saturated heterocycles. The molecule has 2 unspecified atom stereocenters. The van der Waals surface area contributed by atoms with Gasteiger partial charge >= 0.3 is 5.97 Å². The van der Waals surface area contributed by atoms with E-state index >= 15 is 0 Å². The molecule has 0 saturated carbocycles. The van der Waals surface area contributed by atoms with Gasteiger partial charge in [0.15, 0.2) is 0 Å². The Morgan fingerprint density at radius 2 is 2.30 bits per heavy atom. The van der Waals surface area contributed by atoms with Gasteiger partial charge in [0.2, 0.25) is 11.8 Å². The number of β-lactam (4-membered cyclic amide) rings is 1. The Morgan fingerprint density at radius 1 is 1.56 bits per heavy atom. The number of hydrogen-bond donors (Lipinski definition) is 2.